The molecule has 0 spiro atoms. The van der Waals surface area contributed by atoms with E-state index in [2.05, 4.69) is 46.7 Å². The van der Waals surface area contributed by atoms with Crippen LogP contribution >= 0.6 is 12.6 Å². The second-order valence-electron chi connectivity index (χ2n) is 6.54. The number of ether oxygens (including phenoxy) is 1. The molecule has 8 nitrogen and oxygen atoms in total. The van der Waals surface area contributed by atoms with Crippen LogP contribution in [0.3, 0.4) is 0 Å². The molecule has 0 radical (unpaired) electrons. The minimum Gasteiger partial charge on any atom is -0.492 e. The normalized spacial score (nSPS) is 9.62. The molecule has 0 amide bonds. The maximum Gasteiger partial charge on any atom is 0.222 e. The van der Waals surface area contributed by atoms with Gasteiger partial charge in [-0.05, 0) is 61.1 Å². The van der Waals surface area contributed by atoms with Gasteiger partial charge < -0.3 is 31.6 Å². The van der Waals surface area contributed by atoms with Crippen molar-refractivity contribution >= 4 is 24.3 Å². The third-order valence-electron chi connectivity index (χ3n) is 4.40. The van der Waals surface area contributed by atoms with Crippen LogP contribution < -0.4 is 15.8 Å². The predicted molar refractivity (Wildman–Crippen MR) is 139 cm³/mol. The van der Waals surface area contributed by atoms with Crippen LogP contribution in [-0.4, -0.2) is 52.1 Å². The molecule has 9 heteroatoms. The summed E-state index contributed by atoms with van der Waals surface area (Å²) in [5, 5.41) is 3.13. The molecular formula is C23H39N5O3S. The van der Waals surface area contributed by atoms with Crippen LogP contribution in [0.5, 0.6) is 5.75 Å². The third kappa shape index (κ3) is 11.5. The zero-order valence-electron chi connectivity index (χ0n) is 18.7. The summed E-state index contributed by atoms with van der Waals surface area (Å²) in [6, 6.07) is 17.3. The standard InChI is InChI=1S/C12H20N2O.C11H11N3S.2H2O.2H2/c1-3-14(4-2)9-10-15-12-7-5-11(13)6-8-12;15-10-4-2-9(3-5-10)8-14-11-12-6-1-7-13-11;;;;/h5-8H,3-4,9-10,13H2,1-2H3;1-7,15H,8H2,(H,12,13,14);2*1H2;2*1H. The molecule has 0 aliphatic carbocycles. The van der Waals surface area contributed by atoms with E-state index in [1.54, 1.807) is 18.5 Å². The monoisotopic (exact) mass is 465 g/mol. The first-order valence-corrected chi connectivity index (χ1v) is 10.5. The Morgan fingerprint density at radius 1 is 0.969 bits per heavy atom. The summed E-state index contributed by atoms with van der Waals surface area (Å²) >= 11 is 4.22. The lowest BCUT2D eigenvalue weighted by atomic mass is 10.2. The SMILES string of the molecule is CCN(CC)CCOc1ccc(N)cc1.O.O.Sc1ccc(CNc2ncccn2)cc1.[HH].[HH]. The minimum absolute atomic E-state index is 0. The van der Waals surface area contributed by atoms with Crippen molar-refractivity contribution in [1.82, 2.24) is 14.9 Å². The molecule has 7 N–H and O–H groups in total. The average molecular weight is 466 g/mol. The number of hydrogen-bond acceptors (Lipinski definition) is 7. The fourth-order valence-corrected chi connectivity index (χ4v) is 2.73. The Bertz CT molecular complexity index is 843. The largest absolute Gasteiger partial charge is 0.492 e. The van der Waals surface area contributed by atoms with Crippen molar-refractivity contribution in [2.75, 3.05) is 37.3 Å². The number of thiol groups is 1. The molecule has 0 bridgehead atoms. The molecule has 0 aliphatic heterocycles. The number of hydrogen-bond donors (Lipinski definition) is 3. The molecule has 180 valence electrons. The Kier molecular flexibility index (Phi) is 15.3. The molecule has 2 aromatic carbocycles. The van der Waals surface area contributed by atoms with Gasteiger partial charge in [-0.2, -0.15) is 0 Å². The lowest BCUT2D eigenvalue weighted by molar-refractivity contribution is 0.223. The summed E-state index contributed by atoms with van der Waals surface area (Å²) in [6.07, 6.45) is 3.43. The summed E-state index contributed by atoms with van der Waals surface area (Å²) in [6.45, 7) is 8.88. The lowest BCUT2D eigenvalue weighted by Gasteiger charge is -2.17. The van der Waals surface area contributed by atoms with Crippen LogP contribution in [0.4, 0.5) is 11.6 Å². The lowest BCUT2D eigenvalue weighted by Crippen LogP contribution is -2.27. The van der Waals surface area contributed by atoms with Crippen molar-refractivity contribution in [3.63, 3.8) is 0 Å². The Morgan fingerprint density at radius 2 is 1.56 bits per heavy atom. The van der Waals surface area contributed by atoms with Gasteiger partial charge in [0, 0.05) is 38.9 Å². The molecule has 0 atom stereocenters. The van der Waals surface area contributed by atoms with Gasteiger partial charge in [-0.15, -0.1) is 12.6 Å². The first-order chi connectivity index (χ1) is 14.6. The molecule has 0 saturated heterocycles. The van der Waals surface area contributed by atoms with E-state index in [-0.39, 0.29) is 13.8 Å². The highest BCUT2D eigenvalue weighted by Crippen LogP contribution is 2.12. The van der Waals surface area contributed by atoms with E-state index in [9.17, 15) is 0 Å². The van der Waals surface area contributed by atoms with E-state index in [1.807, 2.05) is 48.5 Å². The van der Waals surface area contributed by atoms with Crippen LogP contribution in [-0.2, 0) is 6.54 Å². The van der Waals surface area contributed by atoms with E-state index < -0.39 is 0 Å². The Labute approximate surface area is 198 Å². The first-order valence-electron chi connectivity index (χ1n) is 10.1. The van der Waals surface area contributed by atoms with Gasteiger partial charge in [0.05, 0.1) is 0 Å². The Morgan fingerprint density at radius 3 is 2.12 bits per heavy atom. The van der Waals surface area contributed by atoms with Crippen LogP contribution in [0.1, 0.15) is 22.3 Å². The zero-order valence-corrected chi connectivity index (χ0v) is 19.6. The molecule has 3 rings (SSSR count). The molecular weight excluding hydrogens is 426 g/mol. The number of benzene rings is 2. The maximum atomic E-state index is 5.60. The first kappa shape index (κ1) is 29.1. The fourth-order valence-electron chi connectivity index (χ4n) is 2.58. The summed E-state index contributed by atoms with van der Waals surface area (Å²) in [5.74, 6) is 1.53. The fraction of sp³-hybridized carbons (Fsp3) is 0.304. The van der Waals surface area contributed by atoms with E-state index >= 15 is 0 Å². The van der Waals surface area contributed by atoms with E-state index in [4.69, 9.17) is 10.5 Å². The van der Waals surface area contributed by atoms with Crippen molar-refractivity contribution in [2.24, 2.45) is 0 Å². The summed E-state index contributed by atoms with van der Waals surface area (Å²) < 4.78 is 5.60. The van der Waals surface area contributed by atoms with Crippen LogP contribution in [0, 0.1) is 0 Å². The van der Waals surface area contributed by atoms with Crippen molar-refractivity contribution in [3.8, 4) is 5.75 Å². The Hall–Kier alpha value is -2.85. The number of aromatic nitrogens is 2. The molecule has 3 aromatic rings. The van der Waals surface area contributed by atoms with Crippen molar-refractivity contribution in [3.05, 3.63) is 72.6 Å². The van der Waals surface area contributed by atoms with Gasteiger partial charge in [0.2, 0.25) is 5.95 Å². The second-order valence-corrected chi connectivity index (χ2v) is 7.05. The number of anilines is 2. The number of nitrogens with zero attached hydrogens (tertiary/aromatic N) is 3. The van der Waals surface area contributed by atoms with Gasteiger partial charge in [-0.3, -0.25) is 0 Å². The number of rotatable bonds is 9. The topological polar surface area (TPSA) is 139 Å². The van der Waals surface area contributed by atoms with Crippen molar-refractivity contribution in [2.45, 2.75) is 25.3 Å². The van der Waals surface area contributed by atoms with Crippen LogP contribution in [0.25, 0.3) is 0 Å². The van der Waals surface area contributed by atoms with Gasteiger partial charge in [-0.25, -0.2) is 9.97 Å². The number of nitrogens with one attached hydrogen (secondary N) is 1. The quantitative estimate of drug-likeness (QED) is 0.327. The highest BCUT2D eigenvalue weighted by atomic mass is 32.1. The average Bonchev–Trinajstić information content (AvgIpc) is 2.79. The van der Waals surface area contributed by atoms with Gasteiger partial charge in [0.25, 0.3) is 0 Å². The van der Waals surface area contributed by atoms with Crippen LogP contribution in [0.15, 0.2) is 71.9 Å². The molecule has 0 fully saturated rings. The number of nitrogen functional groups attached to an aromatic ring is 1. The molecule has 0 unspecified atom stereocenters. The van der Waals surface area contributed by atoms with Gasteiger partial charge in [-0.1, -0.05) is 26.0 Å². The number of nitrogens with two attached hydrogens (primary N) is 1. The van der Waals surface area contributed by atoms with Crippen molar-refractivity contribution < 1.29 is 18.5 Å². The van der Waals surface area contributed by atoms with Gasteiger partial charge in [0.15, 0.2) is 0 Å². The van der Waals surface area contributed by atoms with Gasteiger partial charge >= 0.3 is 0 Å². The number of likely N-dealkylation sites (N-methyl/N-ethyl adjacent to an activating group) is 1. The highest BCUT2D eigenvalue weighted by molar-refractivity contribution is 7.80. The summed E-state index contributed by atoms with van der Waals surface area (Å²) in [4.78, 5) is 11.4. The van der Waals surface area contributed by atoms with E-state index in [0.717, 1.165) is 49.1 Å². The molecule has 32 heavy (non-hydrogen) atoms. The summed E-state index contributed by atoms with van der Waals surface area (Å²) in [7, 11) is 0. The van der Waals surface area contributed by atoms with Crippen molar-refractivity contribution in [1.29, 1.82) is 0 Å². The molecule has 0 aliphatic rings. The Balaban J connectivity index is -0.000000506. The maximum absolute atomic E-state index is 5.60. The third-order valence-corrected chi connectivity index (χ3v) is 4.70. The summed E-state index contributed by atoms with van der Waals surface area (Å²) in [5.41, 5.74) is 7.53. The van der Waals surface area contributed by atoms with E-state index in [1.165, 1.54) is 5.56 Å². The molecule has 1 aromatic heterocycles. The molecule has 0 saturated carbocycles. The minimum atomic E-state index is 0. The smallest absolute Gasteiger partial charge is 0.222 e. The zero-order chi connectivity index (χ0) is 21.6. The highest BCUT2D eigenvalue weighted by Gasteiger charge is 1.99. The predicted octanol–water partition coefficient (Wildman–Crippen LogP) is 3.21. The second kappa shape index (κ2) is 16.8. The molecule has 1 heterocycles. The van der Waals surface area contributed by atoms with Crippen LogP contribution in [0.2, 0.25) is 0 Å². The van der Waals surface area contributed by atoms with Gasteiger partial charge in [0.1, 0.15) is 12.4 Å². The van der Waals surface area contributed by atoms with E-state index in [0.29, 0.717) is 5.95 Å².